The lowest BCUT2D eigenvalue weighted by Crippen LogP contribution is -2.36. The Morgan fingerprint density at radius 3 is 3.29 bits per heavy atom. The number of halogens is 1. The van der Waals surface area contributed by atoms with Crippen LogP contribution in [0.15, 0.2) is 12.2 Å². The molecule has 1 heterocycles. The molecule has 1 aliphatic carbocycles. The van der Waals surface area contributed by atoms with Crippen LogP contribution < -0.4 is 0 Å². The monoisotopic (exact) mass is 308 g/mol. The van der Waals surface area contributed by atoms with Crippen molar-refractivity contribution in [3.8, 4) is 0 Å². The van der Waals surface area contributed by atoms with Gasteiger partial charge in [-0.25, -0.2) is 0 Å². The summed E-state index contributed by atoms with van der Waals surface area (Å²) in [5.74, 6) is -0.0762. The highest BCUT2D eigenvalue weighted by Crippen LogP contribution is 2.47. The molecular formula is C10H13IO3. The summed E-state index contributed by atoms with van der Waals surface area (Å²) in [6, 6.07) is 0. The average molecular weight is 308 g/mol. The van der Waals surface area contributed by atoms with Crippen LogP contribution in [0.1, 0.15) is 12.8 Å². The maximum Gasteiger partial charge on any atom is 0.317 e. The number of fused-ring (bicyclic) bond motifs is 2. The second kappa shape index (κ2) is 3.81. The molecule has 4 heteroatoms. The molecule has 2 bridgehead atoms. The molecular weight excluding hydrogens is 295 g/mol. The van der Waals surface area contributed by atoms with Crippen LogP contribution in [0.2, 0.25) is 0 Å². The summed E-state index contributed by atoms with van der Waals surface area (Å²) in [7, 11) is 1.66. The van der Waals surface area contributed by atoms with Crippen molar-refractivity contribution >= 4 is 28.6 Å². The zero-order valence-electron chi connectivity index (χ0n) is 8.03. The van der Waals surface area contributed by atoms with E-state index in [1.54, 1.807) is 7.11 Å². The quantitative estimate of drug-likeness (QED) is 0.344. The Balaban J connectivity index is 2.24. The molecule has 0 unspecified atom stereocenters. The van der Waals surface area contributed by atoms with Crippen LogP contribution in [-0.2, 0) is 14.3 Å². The molecule has 78 valence electrons. The van der Waals surface area contributed by atoms with Gasteiger partial charge in [0.05, 0.1) is 3.92 Å². The molecule has 2 aliphatic rings. The molecule has 1 saturated heterocycles. The molecule has 0 aromatic heterocycles. The fraction of sp³-hybridized carbons (Fsp3) is 0.700. The van der Waals surface area contributed by atoms with Crippen molar-refractivity contribution in [2.75, 3.05) is 13.7 Å². The van der Waals surface area contributed by atoms with Crippen LogP contribution in [0.5, 0.6) is 0 Å². The van der Waals surface area contributed by atoms with E-state index in [1.165, 1.54) is 0 Å². The van der Waals surface area contributed by atoms with E-state index in [4.69, 9.17) is 9.47 Å². The predicted molar refractivity (Wildman–Crippen MR) is 60.4 cm³/mol. The van der Waals surface area contributed by atoms with Crippen molar-refractivity contribution in [3.05, 3.63) is 12.2 Å². The van der Waals surface area contributed by atoms with E-state index in [-0.39, 0.29) is 16.0 Å². The van der Waals surface area contributed by atoms with Crippen molar-refractivity contribution in [2.45, 2.75) is 22.9 Å². The minimum atomic E-state index is -0.417. The highest BCUT2D eigenvalue weighted by molar-refractivity contribution is 14.1. The highest BCUT2D eigenvalue weighted by atomic mass is 127. The van der Waals surface area contributed by atoms with E-state index in [0.717, 1.165) is 12.8 Å². The smallest absolute Gasteiger partial charge is 0.317 e. The van der Waals surface area contributed by atoms with Crippen molar-refractivity contribution in [3.63, 3.8) is 0 Å². The maximum absolute atomic E-state index is 11.8. The Hall–Kier alpha value is -0.100. The highest BCUT2D eigenvalue weighted by Gasteiger charge is 2.55. The molecule has 3 atom stereocenters. The van der Waals surface area contributed by atoms with E-state index in [9.17, 15) is 4.79 Å². The minimum Gasteiger partial charge on any atom is -0.460 e. The lowest BCUT2D eigenvalue weighted by molar-refractivity contribution is -0.147. The summed E-state index contributed by atoms with van der Waals surface area (Å²) in [6.45, 7) is 0.603. The lowest BCUT2D eigenvalue weighted by Gasteiger charge is -2.28. The zero-order chi connectivity index (χ0) is 10.2. The number of methoxy groups -OCH3 is 1. The molecule has 0 N–H and O–H groups in total. The molecule has 0 spiro atoms. The molecule has 0 amide bonds. The van der Waals surface area contributed by atoms with Gasteiger partial charge in [0.25, 0.3) is 0 Å². The van der Waals surface area contributed by atoms with Gasteiger partial charge in [0.15, 0.2) is 0 Å². The van der Waals surface area contributed by atoms with Gasteiger partial charge >= 0.3 is 5.97 Å². The van der Waals surface area contributed by atoms with Gasteiger partial charge in [0.1, 0.15) is 11.5 Å². The number of ether oxygens (including phenoxy) is 2. The van der Waals surface area contributed by atoms with Crippen molar-refractivity contribution in [2.24, 2.45) is 5.41 Å². The van der Waals surface area contributed by atoms with Gasteiger partial charge in [0, 0.05) is 20.1 Å². The summed E-state index contributed by atoms with van der Waals surface area (Å²) < 4.78 is 10.6. The third kappa shape index (κ3) is 1.39. The fourth-order valence-electron chi connectivity index (χ4n) is 2.09. The summed E-state index contributed by atoms with van der Waals surface area (Å²) in [6.07, 6.45) is 5.72. The van der Waals surface area contributed by atoms with Gasteiger partial charge in [0.2, 0.25) is 0 Å². The zero-order valence-corrected chi connectivity index (χ0v) is 10.2. The maximum atomic E-state index is 11.8. The molecule has 0 saturated carbocycles. The number of carbonyl (C=O) groups excluding carboxylic acids is 1. The Labute approximate surface area is 97.0 Å². The van der Waals surface area contributed by atoms with Crippen molar-refractivity contribution in [1.82, 2.24) is 0 Å². The standard InChI is InChI=1S/C10H13IO3/c1-13-6-5-10-4-2-3-7(8(10)11)14-9(10)12/h2,4,7-8H,3,5-6H2,1H3/t7-,8+,10-/m0/s1. The number of rotatable bonds is 3. The van der Waals surface area contributed by atoms with Crippen molar-refractivity contribution < 1.29 is 14.3 Å². The second-order valence-electron chi connectivity index (χ2n) is 3.77. The molecule has 3 nitrogen and oxygen atoms in total. The van der Waals surface area contributed by atoms with E-state index >= 15 is 0 Å². The van der Waals surface area contributed by atoms with Crippen LogP contribution in [0, 0.1) is 5.41 Å². The Bertz CT molecular complexity index is 277. The van der Waals surface area contributed by atoms with Crippen LogP contribution in [0.3, 0.4) is 0 Å². The van der Waals surface area contributed by atoms with Crippen LogP contribution >= 0.6 is 22.6 Å². The molecule has 2 rings (SSSR count). The molecule has 1 fully saturated rings. The first-order valence-corrected chi connectivity index (χ1v) is 5.97. The summed E-state index contributed by atoms with van der Waals surface area (Å²) >= 11 is 2.33. The number of esters is 1. The summed E-state index contributed by atoms with van der Waals surface area (Å²) in [4.78, 5) is 11.8. The largest absolute Gasteiger partial charge is 0.460 e. The molecule has 0 aromatic rings. The average Bonchev–Trinajstić information content (AvgIpc) is 2.36. The Morgan fingerprint density at radius 1 is 1.79 bits per heavy atom. The lowest BCUT2D eigenvalue weighted by atomic mass is 9.78. The van der Waals surface area contributed by atoms with Gasteiger partial charge in [-0.2, -0.15) is 0 Å². The SMILES string of the molecule is COCC[C@]12C=CC[C@H](OC1=O)[C@H]2I. The fourth-order valence-corrected chi connectivity index (χ4v) is 3.30. The molecule has 1 aliphatic heterocycles. The van der Waals surface area contributed by atoms with E-state index in [1.807, 2.05) is 6.08 Å². The van der Waals surface area contributed by atoms with Crippen molar-refractivity contribution in [1.29, 1.82) is 0 Å². The van der Waals surface area contributed by atoms with Gasteiger partial charge in [-0.15, -0.1) is 0 Å². The number of hydrogen-bond acceptors (Lipinski definition) is 3. The van der Waals surface area contributed by atoms with E-state index < -0.39 is 5.41 Å². The Morgan fingerprint density at radius 2 is 2.57 bits per heavy atom. The Kier molecular flexibility index (Phi) is 2.83. The predicted octanol–water partition coefficient (Wildman–Crippen LogP) is 1.70. The molecule has 14 heavy (non-hydrogen) atoms. The van der Waals surface area contributed by atoms with Gasteiger partial charge in [-0.1, -0.05) is 34.7 Å². The van der Waals surface area contributed by atoms with Crippen LogP contribution in [0.25, 0.3) is 0 Å². The molecule has 0 radical (unpaired) electrons. The number of carbonyl (C=O) groups is 1. The van der Waals surface area contributed by atoms with Crippen LogP contribution in [-0.4, -0.2) is 29.7 Å². The third-order valence-electron chi connectivity index (χ3n) is 2.96. The molecule has 0 aromatic carbocycles. The van der Waals surface area contributed by atoms with Gasteiger partial charge < -0.3 is 9.47 Å². The van der Waals surface area contributed by atoms with E-state index in [0.29, 0.717) is 6.61 Å². The van der Waals surface area contributed by atoms with Gasteiger partial charge in [-0.05, 0) is 6.42 Å². The number of hydrogen-bond donors (Lipinski definition) is 0. The summed E-state index contributed by atoms with van der Waals surface area (Å²) in [5, 5.41) is 0. The van der Waals surface area contributed by atoms with Gasteiger partial charge in [-0.3, -0.25) is 4.79 Å². The normalized spacial score (nSPS) is 40.0. The number of alkyl halides is 1. The minimum absolute atomic E-state index is 0.0740. The first-order valence-electron chi connectivity index (χ1n) is 4.72. The van der Waals surface area contributed by atoms with E-state index in [2.05, 4.69) is 28.7 Å². The topological polar surface area (TPSA) is 35.5 Å². The summed E-state index contributed by atoms with van der Waals surface area (Å²) in [5.41, 5.74) is -0.417. The third-order valence-corrected chi connectivity index (χ3v) is 4.87. The first-order chi connectivity index (χ1) is 6.70. The van der Waals surface area contributed by atoms with Crippen LogP contribution in [0.4, 0.5) is 0 Å². The second-order valence-corrected chi connectivity index (χ2v) is 5.11. The first kappa shape index (κ1) is 10.4.